The van der Waals surface area contributed by atoms with Crippen LogP contribution in [0.15, 0.2) is 18.2 Å². The molecule has 3 unspecified atom stereocenters. The van der Waals surface area contributed by atoms with Gasteiger partial charge < -0.3 is 5.73 Å². The first-order chi connectivity index (χ1) is 9.06. The van der Waals surface area contributed by atoms with Gasteiger partial charge in [-0.05, 0) is 36.5 Å². The quantitative estimate of drug-likeness (QED) is 0.893. The Kier molecular flexibility index (Phi) is 5.22. The molecule has 0 aliphatic heterocycles. The molecule has 0 radical (unpaired) electrons. The number of hydrogen-bond donors (Lipinski definition) is 1. The third-order valence-electron chi connectivity index (χ3n) is 3.77. The molecule has 1 saturated carbocycles. The van der Waals surface area contributed by atoms with Crippen molar-refractivity contribution in [2.45, 2.75) is 43.9 Å². The monoisotopic (exact) mass is 285 g/mol. The maximum Gasteiger partial charge on any atom is 0.159 e. The van der Waals surface area contributed by atoms with Crippen molar-refractivity contribution in [2.24, 2.45) is 11.7 Å². The first-order valence-electron chi connectivity index (χ1n) is 6.88. The fourth-order valence-electron chi connectivity index (χ4n) is 2.61. The number of nitrogens with two attached hydrogens (primary N) is 1. The van der Waals surface area contributed by atoms with Gasteiger partial charge in [0, 0.05) is 17.0 Å². The predicted molar refractivity (Wildman–Crippen MR) is 77.2 cm³/mol. The van der Waals surface area contributed by atoms with Gasteiger partial charge in [-0.25, -0.2) is 8.78 Å². The van der Waals surface area contributed by atoms with Gasteiger partial charge >= 0.3 is 0 Å². The van der Waals surface area contributed by atoms with E-state index in [2.05, 4.69) is 6.92 Å². The van der Waals surface area contributed by atoms with Crippen LogP contribution in [0.3, 0.4) is 0 Å². The minimum Gasteiger partial charge on any atom is -0.323 e. The average Bonchev–Trinajstić information content (AvgIpc) is 2.39. The van der Waals surface area contributed by atoms with Crippen LogP contribution in [0.4, 0.5) is 8.78 Å². The van der Waals surface area contributed by atoms with E-state index in [9.17, 15) is 8.78 Å². The van der Waals surface area contributed by atoms with Gasteiger partial charge in [0.15, 0.2) is 11.6 Å². The first kappa shape index (κ1) is 14.8. The average molecular weight is 285 g/mol. The van der Waals surface area contributed by atoms with E-state index in [1.807, 2.05) is 11.8 Å². The Hall–Kier alpha value is -0.610. The molecule has 3 atom stereocenters. The van der Waals surface area contributed by atoms with E-state index in [0.29, 0.717) is 10.8 Å². The molecular formula is C15H21F2NS. The zero-order valence-electron chi connectivity index (χ0n) is 11.2. The van der Waals surface area contributed by atoms with Gasteiger partial charge in [0.2, 0.25) is 0 Å². The van der Waals surface area contributed by atoms with Crippen LogP contribution in [0, 0.1) is 17.6 Å². The second-order valence-electron chi connectivity index (χ2n) is 5.51. The Bertz CT molecular complexity index is 425. The summed E-state index contributed by atoms with van der Waals surface area (Å²) in [5.41, 5.74) is 6.73. The zero-order valence-corrected chi connectivity index (χ0v) is 12.1. The predicted octanol–water partition coefficient (Wildman–Crippen LogP) is 4.28. The Morgan fingerprint density at radius 1 is 1.32 bits per heavy atom. The van der Waals surface area contributed by atoms with Crippen molar-refractivity contribution in [1.82, 2.24) is 0 Å². The molecule has 19 heavy (non-hydrogen) atoms. The SMILES string of the molecule is CC1CCCC(SCC(N)c2ccc(F)c(F)c2)C1. The van der Waals surface area contributed by atoms with E-state index in [0.717, 1.165) is 17.7 Å². The van der Waals surface area contributed by atoms with Crippen molar-refractivity contribution < 1.29 is 8.78 Å². The lowest BCUT2D eigenvalue weighted by atomic mass is 9.91. The lowest BCUT2D eigenvalue weighted by molar-refractivity contribution is 0.394. The molecule has 1 fully saturated rings. The number of rotatable bonds is 4. The highest BCUT2D eigenvalue weighted by atomic mass is 32.2. The largest absolute Gasteiger partial charge is 0.323 e. The third-order valence-corrected chi connectivity index (χ3v) is 5.22. The van der Waals surface area contributed by atoms with Crippen LogP contribution in [0.5, 0.6) is 0 Å². The molecule has 0 aromatic heterocycles. The van der Waals surface area contributed by atoms with Gasteiger partial charge in [-0.3, -0.25) is 0 Å². The minimum absolute atomic E-state index is 0.225. The van der Waals surface area contributed by atoms with Crippen LogP contribution in [0.2, 0.25) is 0 Å². The number of thioether (sulfide) groups is 1. The molecule has 1 aromatic carbocycles. The highest BCUT2D eigenvalue weighted by Crippen LogP contribution is 2.33. The third kappa shape index (κ3) is 4.18. The van der Waals surface area contributed by atoms with Gasteiger partial charge in [0.25, 0.3) is 0 Å². The van der Waals surface area contributed by atoms with Crippen molar-refractivity contribution in [3.63, 3.8) is 0 Å². The van der Waals surface area contributed by atoms with Crippen LogP contribution in [0.1, 0.15) is 44.2 Å². The summed E-state index contributed by atoms with van der Waals surface area (Å²) in [6, 6.07) is 3.71. The zero-order chi connectivity index (χ0) is 13.8. The molecule has 1 nitrogen and oxygen atoms in total. The smallest absolute Gasteiger partial charge is 0.159 e. The summed E-state index contributed by atoms with van der Waals surface area (Å²) in [7, 11) is 0. The van der Waals surface area contributed by atoms with Crippen LogP contribution in [0.25, 0.3) is 0 Å². The van der Waals surface area contributed by atoms with Crippen molar-refractivity contribution in [2.75, 3.05) is 5.75 Å². The van der Waals surface area contributed by atoms with Crippen molar-refractivity contribution in [3.8, 4) is 0 Å². The van der Waals surface area contributed by atoms with E-state index in [4.69, 9.17) is 5.73 Å². The van der Waals surface area contributed by atoms with E-state index < -0.39 is 11.6 Å². The first-order valence-corrected chi connectivity index (χ1v) is 7.93. The fourth-order valence-corrected chi connectivity index (χ4v) is 4.08. The molecule has 0 bridgehead atoms. The number of halogens is 2. The van der Waals surface area contributed by atoms with Crippen LogP contribution >= 0.6 is 11.8 Å². The van der Waals surface area contributed by atoms with E-state index in [-0.39, 0.29) is 6.04 Å². The summed E-state index contributed by atoms with van der Waals surface area (Å²) >= 11 is 1.87. The Morgan fingerprint density at radius 2 is 2.11 bits per heavy atom. The summed E-state index contributed by atoms with van der Waals surface area (Å²) in [5, 5.41) is 0.667. The van der Waals surface area contributed by atoms with Crippen LogP contribution in [-0.4, -0.2) is 11.0 Å². The van der Waals surface area contributed by atoms with E-state index in [1.54, 1.807) is 6.07 Å². The summed E-state index contributed by atoms with van der Waals surface area (Å²) in [5.74, 6) is -0.0673. The molecule has 0 amide bonds. The molecule has 4 heteroatoms. The molecule has 106 valence electrons. The fraction of sp³-hybridized carbons (Fsp3) is 0.600. The Labute approximate surface area is 118 Å². The molecule has 2 N–H and O–H groups in total. The summed E-state index contributed by atoms with van der Waals surface area (Å²) in [6.45, 7) is 2.29. The van der Waals surface area contributed by atoms with Gasteiger partial charge in [0.1, 0.15) is 0 Å². The maximum absolute atomic E-state index is 13.1. The van der Waals surface area contributed by atoms with Gasteiger partial charge in [-0.1, -0.05) is 25.8 Å². The lowest BCUT2D eigenvalue weighted by Crippen LogP contribution is -2.19. The molecule has 1 aliphatic carbocycles. The number of hydrogen-bond acceptors (Lipinski definition) is 2. The Morgan fingerprint density at radius 3 is 2.79 bits per heavy atom. The molecular weight excluding hydrogens is 264 g/mol. The van der Waals surface area contributed by atoms with Crippen LogP contribution < -0.4 is 5.73 Å². The summed E-state index contributed by atoms with van der Waals surface area (Å²) < 4.78 is 26.0. The molecule has 1 aromatic rings. The van der Waals surface area contributed by atoms with Gasteiger partial charge in [0.05, 0.1) is 0 Å². The van der Waals surface area contributed by atoms with E-state index >= 15 is 0 Å². The van der Waals surface area contributed by atoms with Crippen LogP contribution in [-0.2, 0) is 0 Å². The normalized spacial score (nSPS) is 25.3. The summed E-state index contributed by atoms with van der Waals surface area (Å²) in [4.78, 5) is 0. The molecule has 2 rings (SSSR count). The molecule has 0 heterocycles. The second kappa shape index (κ2) is 6.71. The summed E-state index contributed by atoms with van der Waals surface area (Å²) in [6.07, 6.45) is 5.11. The Balaban J connectivity index is 1.86. The highest BCUT2D eigenvalue weighted by molar-refractivity contribution is 7.99. The number of benzene rings is 1. The van der Waals surface area contributed by atoms with Gasteiger partial charge in [-0.2, -0.15) is 11.8 Å². The van der Waals surface area contributed by atoms with E-state index in [1.165, 1.54) is 31.7 Å². The molecule has 0 spiro atoms. The van der Waals surface area contributed by atoms with Crippen molar-refractivity contribution in [1.29, 1.82) is 0 Å². The lowest BCUT2D eigenvalue weighted by Gasteiger charge is -2.27. The standard InChI is InChI=1S/C15H21F2NS/c1-10-3-2-4-12(7-10)19-9-15(18)11-5-6-13(16)14(17)8-11/h5-6,8,10,12,15H,2-4,7,9,18H2,1H3. The van der Waals surface area contributed by atoms with Crippen molar-refractivity contribution >= 4 is 11.8 Å². The topological polar surface area (TPSA) is 26.0 Å². The van der Waals surface area contributed by atoms with Gasteiger partial charge in [-0.15, -0.1) is 0 Å². The maximum atomic E-state index is 13.1. The second-order valence-corrected chi connectivity index (χ2v) is 6.84. The van der Waals surface area contributed by atoms with Crippen molar-refractivity contribution in [3.05, 3.63) is 35.4 Å². The minimum atomic E-state index is -0.816. The molecule has 1 aliphatic rings. The molecule has 0 saturated heterocycles. The highest BCUT2D eigenvalue weighted by Gasteiger charge is 2.20.